The van der Waals surface area contributed by atoms with Crippen molar-refractivity contribution in [2.45, 2.75) is 18.9 Å². The summed E-state index contributed by atoms with van der Waals surface area (Å²) in [5.41, 5.74) is 0.744. The highest BCUT2D eigenvalue weighted by Gasteiger charge is 2.14. The maximum absolute atomic E-state index is 13.4. The number of hydrogen-bond acceptors (Lipinski definition) is 1. The van der Waals surface area contributed by atoms with Crippen LogP contribution in [0.4, 0.5) is 8.78 Å². The maximum Gasteiger partial charge on any atom is 0.129 e. The molecule has 0 fully saturated rings. The first kappa shape index (κ1) is 14.0. The molecule has 0 saturated carbocycles. The van der Waals surface area contributed by atoms with Gasteiger partial charge >= 0.3 is 0 Å². The molecule has 2 aromatic rings. The van der Waals surface area contributed by atoms with Crippen LogP contribution in [0.3, 0.4) is 0 Å². The molecule has 2 rings (SSSR count). The Morgan fingerprint density at radius 1 is 1.00 bits per heavy atom. The molecule has 19 heavy (non-hydrogen) atoms. The molecule has 0 aliphatic rings. The van der Waals surface area contributed by atoms with Crippen LogP contribution in [-0.2, 0) is 12.8 Å². The number of rotatable bonds is 4. The van der Waals surface area contributed by atoms with Gasteiger partial charge in [0.1, 0.15) is 11.6 Å². The van der Waals surface area contributed by atoms with Gasteiger partial charge in [0.25, 0.3) is 0 Å². The van der Waals surface area contributed by atoms with E-state index in [0.29, 0.717) is 11.4 Å². The quantitative estimate of drug-likeness (QED) is 0.905. The van der Waals surface area contributed by atoms with Crippen molar-refractivity contribution in [3.05, 3.63) is 70.2 Å². The Balaban J connectivity index is 2.07. The minimum absolute atomic E-state index is 0.0645. The molecule has 1 nitrogen and oxygen atoms in total. The lowest BCUT2D eigenvalue weighted by Gasteiger charge is -2.12. The molecule has 1 N–H and O–H groups in total. The van der Waals surface area contributed by atoms with Crippen LogP contribution in [0.5, 0.6) is 0 Å². The third-order valence-corrected chi connectivity index (χ3v) is 3.10. The van der Waals surface area contributed by atoms with E-state index in [1.165, 1.54) is 18.2 Å². The van der Waals surface area contributed by atoms with Gasteiger partial charge in [0.15, 0.2) is 0 Å². The number of halogens is 3. The summed E-state index contributed by atoms with van der Waals surface area (Å²) in [6.45, 7) is 0. The molecule has 0 bridgehead atoms. The third kappa shape index (κ3) is 3.75. The van der Waals surface area contributed by atoms with E-state index in [4.69, 9.17) is 11.6 Å². The molecule has 100 valence electrons. The van der Waals surface area contributed by atoms with E-state index in [1.54, 1.807) is 18.2 Å². The molecule has 0 spiro atoms. The van der Waals surface area contributed by atoms with E-state index in [9.17, 15) is 13.9 Å². The van der Waals surface area contributed by atoms with Gasteiger partial charge in [-0.1, -0.05) is 29.8 Å². The standard InChI is InChI=1S/C15H13ClF2O/c16-11-4-1-3-10(7-11)8-12(19)9-13-14(17)5-2-6-15(13)18/h1-7,12,19H,8-9H2. The first-order valence-electron chi connectivity index (χ1n) is 5.91. The van der Waals surface area contributed by atoms with Gasteiger partial charge in [-0.3, -0.25) is 0 Å². The average Bonchev–Trinajstić information content (AvgIpc) is 2.34. The van der Waals surface area contributed by atoms with Crippen LogP contribution in [0.25, 0.3) is 0 Å². The molecule has 0 radical (unpaired) electrons. The predicted molar refractivity (Wildman–Crippen MR) is 71.2 cm³/mol. The van der Waals surface area contributed by atoms with Crippen LogP contribution >= 0.6 is 11.6 Å². The van der Waals surface area contributed by atoms with Gasteiger partial charge in [-0.25, -0.2) is 8.78 Å². The third-order valence-electron chi connectivity index (χ3n) is 2.86. The molecule has 0 aromatic heterocycles. The molecule has 0 aliphatic carbocycles. The topological polar surface area (TPSA) is 20.2 Å². The van der Waals surface area contributed by atoms with E-state index in [1.807, 2.05) is 6.07 Å². The van der Waals surface area contributed by atoms with Crippen molar-refractivity contribution in [2.75, 3.05) is 0 Å². The van der Waals surface area contributed by atoms with Gasteiger partial charge in [0, 0.05) is 17.0 Å². The van der Waals surface area contributed by atoms with Crippen LogP contribution in [0.2, 0.25) is 5.02 Å². The molecular formula is C15H13ClF2O. The molecule has 1 atom stereocenters. The Hall–Kier alpha value is -1.45. The zero-order valence-electron chi connectivity index (χ0n) is 10.1. The molecule has 2 aromatic carbocycles. The Bertz CT molecular complexity index is 552. The predicted octanol–water partition coefficient (Wildman–Crippen LogP) is 3.76. The summed E-state index contributed by atoms with van der Waals surface area (Å²) in [5, 5.41) is 10.5. The Kier molecular flexibility index (Phi) is 4.51. The lowest BCUT2D eigenvalue weighted by molar-refractivity contribution is 0.172. The van der Waals surface area contributed by atoms with Gasteiger partial charge in [0.05, 0.1) is 6.10 Å². The summed E-state index contributed by atoms with van der Waals surface area (Å²) in [5.74, 6) is -1.27. The lowest BCUT2D eigenvalue weighted by Crippen LogP contribution is -2.16. The van der Waals surface area contributed by atoms with Crippen molar-refractivity contribution in [1.82, 2.24) is 0 Å². The van der Waals surface area contributed by atoms with Crippen molar-refractivity contribution in [3.8, 4) is 0 Å². The number of hydrogen-bond donors (Lipinski definition) is 1. The van der Waals surface area contributed by atoms with E-state index in [-0.39, 0.29) is 12.0 Å². The van der Waals surface area contributed by atoms with E-state index in [0.717, 1.165) is 5.56 Å². The number of aliphatic hydroxyl groups excluding tert-OH is 1. The van der Waals surface area contributed by atoms with Crippen LogP contribution in [0, 0.1) is 11.6 Å². The fraction of sp³-hybridized carbons (Fsp3) is 0.200. The van der Waals surface area contributed by atoms with Crippen LogP contribution in [0.1, 0.15) is 11.1 Å². The van der Waals surface area contributed by atoms with E-state index >= 15 is 0 Å². The number of benzene rings is 2. The molecule has 4 heteroatoms. The first-order valence-corrected chi connectivity index (χ1v) is 6.29. The van der Waals surface area contributed by atoms with Crippen LogP contribution < -0.4 is 0 Å². The van der Waals surface area contributed by atoms with Crippen molar-refractivity contribution in [2.24, 2.45) is 0 Å². The minimum atomic E-state index is -0.857. The summed E-state index contributed by atoms with van der Waals surface area (Å²) in [6, 6.07) is 10.7. The second-order valence-corrected chi connectivity index (χ2v) is 4.83. The first-order chi connectivity index (χ1) is 9.06. The number of aliphatic hydroxyl groups is 1. The summed E-state index contributed by atoms with van der Waals surface area (Å²) in [7, 11) is 0. The molecule has 0 saturated heterocycles. The fourth-order valence-corrected chi connectivity index (χ4v) is 2.18. The largest absolute Gasteiger partial charge is 0.392 e. The van der Waals surface area contributed by atoms with Crippen LogP contribution in [0.15, 0.2) is 42.5 Å². The normalized spacial score (nSPS) is 12.4. The Morgan fingerprint density at radius 2 is 1.63 bits per heavy atom. The molecule has 0 heterocycles. The van der Waals surface area contributed by atoms with Crippen molar-refractivity contribution in [1.29, 1.82) is 0 Å². The van der Waals surface area contributed by atoms with Gasteiger partial charge in [-0.15, -0.1) is 0 Å². The summed E-state index contributed by atoms with van der Waals surface area (Å²) >= 11 is 5.84. The summed E-state index contributed by atoms with van der Waals surface area (Å²) < 4.78 is 26.9. The highest BCUT2D eigenvalue weighted by atomic mass is 35.5. The van der Waals surface area contributed by atoms with Crippen LogP contribution in [-0.4, -0.2) is 11.2 Å². The average molecular weight is 283 g/mol. The molecule has 0 amide bonds. The SMILES string of the molecule is OC(Cc1cccc(Cl)c1)Cc1c(F)cccc1F. The van der Waals surface area contributed by atoms with Gasteiger partial charge in [-0.05, 0) is 36.2 Å². The second kappa shape index (κ2) is 6.13. The highest BCUT2D eigenvalue weighted by Crippen LogP contribution is 2.17. The smallest absolute Gasteiger partial charge is 0.129 e. The van der Waals surface area contributed by atoms with Crippen molar-refractivity contribution in [3.63, 3.8) is 0 Å². The van der Waals surface area contributed by atoms with Gasteiger partial charge < -0.3 is 5.11 Å². The lowest BCUT2D eigenvalue weighted by atomic mass is 10.0. The Morgan fingerprint density at radius 3 is 2.26 bits per heavy atom. The van der Waals surface area contributed by atoms with E-state index in [2.05, 4.69) is 0 Å². The maximum atomic E-state index is 13.4. The Labute approximate surface area is 115 Å². The molecular weight excluding hydrogens is 270 g/mol. The molecule has 1 unspecified atom stereocenters. The summed E-state index contributed by atoms with van der Waals surface area (Å²) in [4.78, 5) is 0. The van der Waals surface area contributed by atoms with Gasteiger partial charge in [-0.2, -0.15) is 0 Å². The van der Waals surface area contributed by atoms with Crippen molar-refractivity contribution < 1.29 is 13.9 Å². The van der Waals surface area contributed by atoms with E-state index < -0.39 is 17.7 Å². The zero-order valence-corrected chi connectivity index (χ0v) is 10.9. The minimum Gasteiger partial charge on any atom is -0.392 e. The second-order valence-electron chi connectivity index (χ2n) is 4.39. The summed E-state index contributed by atoms with van der Waals surface area (Å²) in [6.07, 6.45) is -0.621. The van der Waals surface area contributed by atoms with Gasteiger partial charge in [0.2, 0.25) is 0 Å². The van der Waals surface area contributed by atoms with Crippen molar-refractivity contribution >= 4 is 11.6 Å². The highest BCUT2D eigenvalue weighted by molar-refractivity contribution is 6.30. The zero-order chi connectivity index (χ0) is 13.8. The molecule has 0 aliphatic heterocycles. The fourth-order valence-electron chi connectivity index (χ4n) is 1.97. The monoisotopic (exact) mass is 282 g/mol.